The van der Waals surface area contributed by atoms with Crippen LogP contribution in [0, 0.1) is 10.1 Å². The van der Waals surface area contributed by atoms with Crippen LogP contribution >= 0.6 is 0 Å². The van der Waals surface area contributed by atoms with Gasteiger partial charge in [-0.15, -0.1) is 0 Å². The summed E-state index contributed by atoms with van der Waals surface area (Å²) in [4.78, 5) is 22.1. The molecule has 5 nitrogen and oxygen atoms in total. The van der Waals surface area contributed by atoms with Crippen molar-refractivity contribution in [2.45, 2.75) is 25.8 Å². The fourth-order valence-corrected chi connectivity index (χ4v) is 2.27. The third-order valence-electron chi connectivity index (χ3n) is 3.30. The highest BCUT2D eigenvalue weighted by atomic mass is 16.6. The van der Waals surface area contributed by atoms with Gasteiger partial charge in [0.1, 0.15) is 0 Å². The number of carbonyl (C=O) groups is 1. The van der Waals surface area contributed by atoms with E-state index in [2.05, 4.69) is 5.32 Å². The molecule has 22 heavy (non-hydrogen) atoms. The second-order valence-electron chi connectivity index (χ2n) is 5.26. The Labute approximate surface area is 129 Å². The average Bonchev–Trinajstić information content (AvgIpc) is 2.48. The molecule has 0 fully saturated rings. The Morgan fingerprint density at radius 2 is 1.73 bits per heavy atom. The molecule has 0 saturated heterocycles. The van der Waals surface area contributed by atoms with Gasteiger partial charge in [-0.05, 0) is 24.5 Å². The first-order valence-electron chi connectivity index (χ1n) is 7.11. The van der Waals surface area contributed by atoms with E-state index in [-0.39, 0.29) is 24.1 Å². The molecule has 0 radical (unpaired) electrons. The van der Waals surface area contributed by atoms with Crippen LogP contribution in [0.4, 0.5) is 5.69 Å². The number of nitrogens with zero attached hydrogens (tertiary/aromatic N) is 1. The van der Waals surface area contributed by atoms with Gasteiger partial charge >= 0.3 is 0 Å². The first-order valence-corrected chi connectivity index (χ1v) is 7.11. The Kier molecular flexibility index (Phi) is 5.25. The number of amides is 1. The molecule has 0 bridgehead atoms. The van der Waals surface area contributed by atoms with Gasteiger partial charge in [0.2, 0.25) is 5.91 Å². The van der Waals surface area contributed by atoms with Gasteiger partial charge in [0.25, 0.3) is 5.69 Å². The van der Waals surface area contributed by atoms with Crippen LogP contribution in [0.5, 0.6) is 0 Å². The number of nitro groups is 1. The lowest BCUT2D eigenvalue weighted by molar-refractivity contribution is -0.384. The van der Waals surface area contributed by atoms with Crippen LogP contribution in [0.1, 0.15) is 18.1 Å². The van der Waals surface area contributed by atoms with Gasteiger partial charge in [-0.1, -0.05) is 42.5 Å². The molecule has 5 heteroatoms. The summed E-state index contributed by atoms with van der Waals surface area (Å²) in [5, 5.41) is 13.5. The molecule has 0 spiro atoms. The van der Waals surface area contributed by atoms with E-state index in [1.807, 2.05) is 37.3 Å². The average molecular weight is 298 g/mol. The molecule has 2 aromatic rings. The maximum absolute atomic E-state index is 12.0. The van der Waals surface area contributed by atoms with Crippen LogP contribution in [-0.2, 0) is 17.6 Å². The number of hydrogen-bond donors (Lipinski definition) is 1. The predicted molar refractivity (Wildman–Crippen MR) is 84.6 cm³/mol. The molecular formula is C17H18N2O3. The van der Waals surface area contributed by atoms with Crippen LogP contribution in [0.2, 0.25) is 0 Å². The lowest BCUT2D eigenvalue weighted by atomic mass is 10.1. The topological polar surface area (TPSA) is 72.2 Å². The molecule has 1 N–H and O–H groups in total. The molecule has 0 aliphatic heterocycles. The fraction of sp³-hybridized carbons (Fsp3) is 0.235. The van der Waals surface area contributed by atoms with E-state index in [1.54, 1.807) is 12.1 Å². The number of hydrogen-bond acceptors (Lipinski definition) is 3. The summed E-state index contributed by atoms with van der Waals surface area (Å²) < 4.78 is 0. The fourth-order valence-electron chi connectivity index (χ4n) is 2.27. The van der Waals surface area contributed by atoms with Gasteiger partial charge in [0, 0.05) is 18.2 Å². The second kappa shape index (κ2) is 7.36. The highest BCUT2D eigenvalue weighted by Gasteiger charge is 2.10. The van der Waals surface area contributed by atoms with E-state index < -0.39 is 4.92 Å². The van der Waals surface area contributed by atoms with Gasteiger partial charge in [-0.2, -0.15) is 0 Å². The zero-order chi connectivity index (χ0) is 15.9. The van der Waals surface area contributed by atoms with Gasteiger partial charge in [0.05, 0.1) is 11.3 Å². The normalized spacial score (nSPS) is 11.7. The van der Waals surface area contributed by atoms with Crippen molar-refractivity contribution in [3.63, 3.8) is 0 Å². The minimum Gasteiger partial charge on any atom is -0.353 e. The molecule has 0 aromatic heterocycles. The lowest BCUT2D eigenvalue weighted by Crippen LogP contribution is -2.35. The van der Waals surface area contributed by atoms with Gasteiger partial charge < -0.3 is 5.32 Å². The van der Waals surface area contributed by atoms with E-state index in [4.69, 9.17) is 0 Å². The van der Waals surface area contributed by atoms with E-state index in [0.29, 0.717) is 0 Å². The van der Waals surface area contributed by atoms with Crippen LogP contribution in [-0.4, -0.2) is 16.9 Å². The molecule has 0 aliphatic carbocycles. The number of nitro benzene ring substituents is 1. The number of nitrogens with one attached hydrogen (secondary N) is 1. The van der Waals surface area contributed by atoms with E-state index >= 15 is 0 Å². The highest BCUT2D eigenvalue weighted by molar-refractivity contribution is 5.78. The van der Waals surface area contributed by atoms with Crippen LogP contribution < -0.4 is 5.32 Å². The number of rotatable bonds is 6. The maximum atomic E-state index is 12.0. The molecule has 0 heterocycles. The van der Waals surface area contributed by atoms with Crippen molar-refractivity contribution in [2.75, 3.05) is 0 Å². The Balaban J connectivity index is 1.85. The van der Waals surface area contributed by atoms with E-state index in [0.717, 1.165) is 12.0 Å². The van der Waals surface area contributed by atoms with Crippen LogP contribution in [0.25, 0.3) is 0 Å². The second-order valence-corrected chi connectivity index (χ2v) is 5.26. The predicted octanol–water partition coefficient (Wildman–Crippen LogP) is 2.88. The van der Waals surface area contributed by atoms with Gasteiger partial charge in [-0.25, -0.2) is 0 Å². The standard InChI is InChI=1S/C17H18N2O3/c1-13(11-14-5-3-2-4-6-14)18-17(20)12-15-7-9-16(10-8-15)19(21)22/h2-10,13H,11-12H2,1H3,(H,18,20)/t13-/m0/s1. The Morgan fingerprint density at radius 1 is 1.09 bits per heavy atom. The summed E-state index contributed by atoms with van der Waals surface area (Å²) in [5.74, 6) is -0.0858. The molecule has 2 rings (SSSR count). The first-order chi connectivity index (χ1) is 10.5. The summed E-state index contributed by atoms with van der Waals surface area (Å²) in [6, 6.07) is 16.0. The third-order valence-corrected chi connectivity index (χ3v) is 3.30. The largest absolute Gasteiger partial charge is 0.353 e. The van der Waals surface area contributed by atoms with Crippen molar-refractivity contribution in [3.8, 4) is 0 Å². The van der Waals surface area contributed by atoms with Crippen molar-refractivity contribution in [2.24, 2.45) is 0 Å². The Morgan fingerprint density at radius 3 is 2.32 bits per heavy atom. The quantitative estimate of drug-likeness (QED) is 0.658. The molecule has 2 aromatic carbocycles. The van der Waals surface area contributed by atoms with Gasteiger partial charge in [0.15, 0.2) is 0 Å². The van der Waals surface area contributed by atoms with Crippen molar-refractivity contribution in [3.05, 3.63) is 75.8 Å². The zero-order valence-corrected chi connectivity index (χ0v) is 12.4. The summed E-state index contributed by atoms with van der Waals surface area (Å²) in [7, 11) is 0. The minimum atomic E-state index is -0.453. The first kappa shape index (κ1) is 15.7. The Bertz CT molecular complexity index is 639. The maximum Gasteiger partial charge on any atom is 0.269 e. The van der Waals surface area contributed by atoms with Gasteiger partial charge in [-0.3, -0.25) is 14.9 Å². The summed E-state index contributed by atoms with van der Waals surface area (Å²) in [6.07, 6.45) is 0.990. The number of non-ortho nitro benzene ring substituents is 1. The molecule has 0 saturated carbocycles. The Hall–Kier alpha value is -2.69. The monoisotopic (exact) mass is 298 g/mol. The van der Waals surface area contributed by atoms with E-state index in [9.17, 15) is 14.9 Å². The third kappa shape index (κ3) is 4.70. The summed E-state index contributed by atoms with van der Waals surface area (Å²) in [6.45, 7) is 1.96. The van der Waals surface area contributed by atoms with Crippen molar-refractivity contribution in [1.29, 1.82) is 0 Å². The SMILES string of the molecule is C[C@@H](Cc1ccccc1)NC(=O)Cc1ccc([N+](=O)[O-])cc1. The van der Waals surface area contributed by atoms with Crippen LogP contribution in [0.15, 0.2) is 54.6 Å². The number of carbonyl (C=O) groups excluding carboxylic acids is 1. The molecule has 114 valence electrons. The van der Waals surface area contributed by atoms with E-state index in [1.165, 1.54) is 17.7 Å². The summed E-state index contributed by atoms with van der Waals surface area (Å²) >= 11 is 0. The van der Waals surface area contributed by atoms with Crippen molar-refractivity contribution < 1.29 is 9.72 Å². The minimum absolute atomic E-state index is 0.0293. The summed E-state index contributed by atoms with van der Waals surface area (Å²) in [5.41, 5.74) is 1.96. The highest BCUT2D eigenvalue weighted by Crippen LogP contribution is 2.12. The molecular weight excluding hydrogens is 280 g/mol. The molecule has 1 atom stereocenters. The molecule has 1 amide bonds. The van der Waals surface area contributed by atoms with Crippen molar-refractivity contribution in [1.82, 2.24) is 5.32 Å². The van der Waals surface area contributed by atoms with Crippen LogP contribution in [0.3, 0.4) is 0 Å². The zero-order valence-electron chi connectivity index (χ0n) is 12.4. The number of benzene rings is 2. The smallest absolute Gasteiger partial charge is 0.269 e. The molecule has 0 aliphatic rings. The molecule has 0 unspecified atom stereocenters. The van der Waals surface area contributed by atoms with Crippen molar-refractivity contribution >= 4 is 11.6 Å². The lowest BCUT2D eigenvalue weighted by Gasteiger charge is -2.14.